The van der Waals surface area contributed by atoms with E-state index < -0.39 is 0 Å². The fourth-order valence-electron chi connectivity index (χ4n) is 1.32. The number of rotatable bonds is 4. The zero-order chi connectivity index (χ0) is 11.4. The predicted molar refractivity (Wildman–Crippen MR) is 74.4 cm³/mol. The van der Waals surface area contributed by atoms with Crippen LogP contribution in [0.25, 0.3) is 0 Å². The molecule has 0 unspecified atom stereocenters. The highest BCUT2D eigenvalue weighted by atomic mass is 79.9. The van der Waals surface area contributed by atoms with Crippen molar-refractivity contribution in [1.82, 2.24) is 0 Å². The van der Waals surface area contributed by atoms with Crippen molar-refractivity contribution in [1.29, 1.82) is 0 Å². The number of hydrogen-bond donors (Lipinski definition) is 2. The van der Waals surface area contributed by atoms with Gasteiger partial charge in [0.2, 0.25) is 0 Å². The Hall–Kier alpha value is -0.220. The van der Waals surface area contributed by atoms with E-state index in [1.807, 2.05) is 0 Å². The summed E-state index contributed by atoms with van der Waals surface area (Å²) in [6.45, 7) is 3.63. The van der Waals surface area contributed by atoms with Gasteiger partial charge < -0.3 is 10.8 Å². The summed E-state index contributed by atoms with van der Waals surface area (Å²) in [5.74, 6) is 0.0661. The Bertz CT molecular complexity index is 371. The maximum atomic E-state index is 9.73. The van der Waals surface area contributed by atoms with E-state index in [9.17, 15) is 5.11 Å². The highest BCUT2D eigenvalue weighted by molar-refractivity contribution is 9.10. The summed E-state index contributed by atoms with van der Waals surface area (Å²) >= 11 is 9.15. The predicted octanol–water partition coefficient (Wildman–Crippen LogP) is 4.20. The van der Waals surface area contributed by atoms with Crippen molar-refractivity contribution in [3.05, 3.63) is 39.8 Å². The lowest BCUT2D eigenvalue weighted by Gasteiger charge is -2.14. The first-order chi connectivity index (χ1) is 7.06. The maximum Gasteiger partial charge on any atom is 0.139 e. The van der Waals surface area contributed by atoms with Gasteiger partial charge in [0.15, 0.2) is 0 Å². The molecule has 16 heavy (non-hydrogen) atoms. The topological polar surface area (TPSA) is 46.2 Å². The van der Waals surface area contributed by atoms with Gasteiger partial charge in [0.25, 0.3) is 0 Å². The van der Waals surface area contributed by atoms with E-state index in [2.05, 4.69) is 22.5 Å². The van der Waals surface area contributed by atoms with Gasteiger partial charge in [-0.05, 0) is 25.0 Å². The number of benzene rings is 1. The quantitative estimate of drug-likeness (QED) is 0.815. The highest BCUT2D eigenvalue weighted by Gasteiger charge is 2.13. The molecule has 1 aromatic rings. The van der Waals surface area contributed by atoms with Crippen LogP contribution in [0.1, 0.15) is 24.4 Å². The van der Waals surface area contributed by atoms with Crippen LogP contribution in [-0.4, -0.2) is 5.11 Å². The molecule has 0 bridgehead atoms. The minimum Gasteiger partial charge on any atom is -0.506 e. The Morgan fingerprint density at radius 2 is 2.19 bits per heavy atom. The molecule has 2 nitrogen and oxygen atoms in total. The number of phenols is 1. The van der Waals surface area contributed by atoms with Crippen LogP contribution >= 0.6 is 39.9 Å². The normalized spacial score (nSPS) is 11.7. The van der Waals surface area contributed by atoms with Crippen molar-refractivity contribution in [3.63, 3.8) is 0 Å². The molecule has 0 saturated carbocycles. The second-order valence-electron chi connectivity index (χ2n) is 3.30. The Kier molecular flexibility index (Phi) is 7.07. The van der Waals surface area contributed by atoms with E-state index in [1.54, 1.807) is 18.2 Å². The molecule has 1 rings (SSSR count). The van der Waals surface area contributed by atoms with E-state index in [4.69, 9.17) is 17.3 Å². The number of phenolic OH excluding ortho intramolecular Hbond substituents is 1. The van der Waals surface area contributed by atoms with E-state index in [1.165, 1.54) is 0 Å². The minimum atomic E-state index is -0.224. The number of nitrogens with two attached hydrogens (primary N) is 1. The van der Waals surface area contributed by atoms with Crippen LogP contribution in [0, 0.1) is 0 Å². The van der Waals surface area contributed by atoms with E-state index in [-0.39, 0.29) is 24.2 Å². The zero-order valence-electron chi connectivity index (χ0n) is 8.62. The fourth-order valence-corrected chi connectivity index (χ4v) is 2.16. The van der Waals surface area contributed by atoms with Gasteiger partial charge >= 0.3 is 0 Å². The molecule has 3 N–H and O–H groups in total. The van der Waals surface area contributed by atoms with Crippen LogP contribution in [0.5, 0.6) is 5.75 Å². The lowest BCUT2D eigenvalue weighted by molar-refractivity contribution is 0.459. The largest absolute Gasteiger partial charge is 0.506 e. The standard InChI is InChI=1S/C11H13BrClNO.ClH/c1-2-3-4-10(14)8-5-7(12)6-9(13)11(8)15;/h2,5-6,10,15H,1,3-4,14H2;1H/t10-;/m1./s1. The molecule has 1 aromatic carbocycles. The van der Waals surface area contributed by atoms with E-state index >= 15 is 0 Å². The van der Waals surface area contributed by atoms with Gasteiger partial charge in [-0.3, -0.25) is 0 Å². The molecule has 0 aromatic heterocycles. The van der Waals surface area contributed by atoms with Crippen molar-refractivity contribution in [3.8, 4) is 5.75 Å². The van der Waals surface area contributed by atoms with Crippen molar-refractivity contribution < 1.29 is 5.11 Å². The monoisotopic (exact) mass is 325 g/mol. The average Bonchev–Trinajstić information content (AvgIpc) is 2.19. The van der Waals surface area contributed by atoms with Crippen molar-refractivity contribution in [2.75, 3.05) is 0 Å². The Morgan fingerprint density at radius 1 is 1.56 bits per heavy atom. The summed E-state index contributed by atoms with van der Waals surface area (Å²) in [6.07, 6.45) is 3.35. The molecule has 0 heterocycles. The third kappa shape index (κ3) is 3.98. The summed E-state index contributed by atoms with van der Waals surface area (Å²) in [5.41, 5.74) is 6.60. The van der Waals surface area contributed by atoms with E-state index in [0.717, 1.165) is 17.3 Å². The SMILES string of the molecule is C=CCC[C@@H](N)c1cc(Br)cc(Cl)c1O.Cl. The van der Waals surface area contributed by atoms with Crippen LogP contribution in [0.2, 0.25) is 5.02 Å². The molecule has 0 aliphatic heterocycles. The summed E-state index contributed by atoms with van der Waals surface area (Å²) in [4.78, 5) is 0. The third-order valence-corrected chi connectivity index (χ3v) is 2.88. The lowest BCUT2D eigenvalue weighted by atomic mass is 10.0. The molecule has 0 radical (unpaired) electrons. The number of hydrogen-bond acceptors (Lipinski definition) is 2. The smallest absolute Gasteiger partial charge is 0.139 e. The summed E-state index contributed by atoms with van der Waals surface area (Å²) in [7, 11) is 0. The molecule has 90 valence electrons. The van der Waals surface area contributed by atoms with Gasteiger partial charge in [-0.1, -0.05) is 33.6 Å². The fraction of sp³-hybridized carbons (Fsp3) is 0.273. The Morgan fingerprint density at radius 3 is 2.75 bits per heavy atom. The Labute approximate surface area is 115 Å². The van der Waals surface area contributed by atoms with Crippen molar-refractivity contribution >= 4 is 39.9 Å². The molecule has 0 aliphatic carbocycles. The van der Waals surface area contributed by atoms with Crippen LogP contribution in [0.15, 0.2) is 29.3 Å². The third-order valence-electron chi connectivity index (χ3n) is 2.14. The lowest BCUT2D eigenvalue weighted by Crippen LogP contribution is -2.10. The molecule has 5 heteroatoms. The van der Waals surface area contributed by atoms with E-state index in [0.29, 0.717) is 10.6 Å². The summed E-state index contributed by atoms with van der Waals surface area (Å²) in [6, 6.07) is 3.20. The molecule has 0 amide bonds. The number of halogens is 3. The number of aromatic hydroxyl groups is 1. The second-order valence-corrected chi connectivity index (χ2v) is 4.62. The van der Waals surface area contributed by atoms with Gasteiger partial charge in [-0.25, -0.2) is 0 Å². The summed E-state index contributed by atoms with van der Waals surface area (Å²) < 4.78 is 0.814. The molecule has 0 fully saturated rings. The van der Waals surface area contributed by atoms with Crippen LogP contribution in [0.3, 0.4) is 0 Å². The molecule has 0 spiro atoms. The van der Waals surface area contributed by atoms with Crippen LogP contribution in [0.4, 0.5) is 0 Å². The average molecular weight is 327 g/mol. The van der Waals surface area contributed by atoms with Crippen molar-refractivity contribution in [2.45, 2.75) is 18.9 Å². The van der Waals surface area contributed by atoms with Gasteiger partial charge in [-0.15, -0.1) is 19.0 Å². The first kappa shape index (κ1) is 15.8. The second kappa shape index (κ2) is 7.17. The molecule has 0 saturated heterocycles. The van der Waals surface area contributed by atoms with Gasteiger partial charge in [-0.2, -0.15) is 0 Å². The van der Waals surface area contributed by atoms with Crippen molar-refractivity contribution in [2.24, 2.45) is 5.73 Å². The Balaban J connectivity index is 0.00000225. The zero-order valence-corrected chi connectivity index (χ0v) is 11.8. The molecular formula is C11H14BrCl2NO. The summed E-state index contributed by atoms with van der Waals surface area (Å²) in [5, 5.41) is 10.0. The molecule has 0 aliphatic rings. The first-order valence-corrected chi connectivity index (χ1v) is 5.77. The minimum absolute atomic E-state index is 0. The van der Waals surface area contributed by atoms with Gasteiger partial charge in [0.1, 0.15) is 5.75 Å². The molecular weight excluding hydrogens is 313 g/mol. The molecule has 1 atom stereocenters. The van der Waals surface area contributed by atoms with Gasteiger partial charge in [0.05, 0.1) is 5.02 Å². The highest BCUT2D eigenvalue weighted by Crippen LogP contribution is 2.35. The van der Waals surface area contributed by atoms with Crippen LogP contribution in [-0.2, 0) is 0 Å². The number of allylic oxidation sites excluding steroid dienone is 1. The maximum absolute atomic E-state index is 9.73. The van der Waals surface area contributed by atoms with Gasteiger partial charge in [0, 0.05) is 16.1 Å². The first-order valence-electron chi connectivity index (χ1n) is 4.60. The van der Waals surface area contributed by atoms with Crippen LogP contribution < -0.4 is 5.73 Å².